The number of hydrogen-bond acceptors (Lipinski definition) is 3. The van der Waals surface area contributed by atoms with Crippen LogP contribution < -0.4 is 0 Å². The molecule has 0 saturated carbocycles. The summed E-state index contributed by atoms with van der Waals surface area (Å²) in [5.41, 5.74) is 3.14. The normalized spacial score (nSPS) is 27.7. The Hall–Kier alpha value is -1.20. The van der Waals surface area contributed by atoms with Crippen molar-refractivity contribution in [2.75, 3.05) is 19.7 Å². The van der Waals surface area contributed by atoms with Crippen molar-refractivity contribution in [2.45, 2.75) is 31.1 Å². The van der Waals surface area contributed by atoms with E-state index in [9.17, 15) is 5.11 Å². The highest BCUT2D eigenvalue weighted by Gasteiger charge is 2.41. The Balaban J connectivity index is 1.54. The highest BCUT2D eigenvalue weighted by Crippen LogP contribution is 2.33. The second kappa shape index (κ2) is 6.60. The predicted molar refractivity (Wildman–Crippen MR) is 98.6 cm³/mol. The van der Waals surface area contributed by atoms with Crippen LogP contribution in [0.4, 0.5) is 0 Å². The van der Waals surface area contributed by atoms with Gasteiger partial charge in [-0.25, -0.2) is 0 Å². The van der Waals surface area contributed by atoms with Crippen molar-refractivity contribution < 1.29 is 9.84 Å². The Labute approximate surface area is 151 Å². The van der Waals surface area contributed by atoms with Gasteiger partial charge in [-0.3, -0.25) is 4.90 Å². The molecule has 2 heterocycles. The van der Waals surface area contributed by atoms with E-state index < -0.39 is 5.79 Å². The molecule has 2 saturated heterocycles. The number of rotatable bonds is 2. The van der Waals surface area contributed by atoms with Crippen LogP contribution in [0, 0.1) is 0 Å². The van der Waals surface area contributed by atoms with Crippen molar-refractivity contribution in [1.29, 1.82) is 0 Å². The van der Waals surface area contributed by atoms with Crippen LogP contribution in [0.25, 0.3) is 11.1 Å². The van der Waals surface area contributed by atoms with Crippen molar-refractivity contribution in [3.05, 3.63) is 58.6 Å². The molecule has 0 aliphatic carbocycles. The summed E-state index contributed by atoms with van der Waals surface area (Å²) in [7, 11) is 0. The molecule has 0 aromatic heterocycles. The summed E-state index contributed by atoms with van der Waals surface area (Å²) in [5, 5.41) is 11.0. The first-order chi connectivity index (χ1) is 11.6. The van der Waals surface area contributed by atoms with Gasteiger partial charge in [-0.05, 0) is 42.6 Å². The van der Waals surface area contributed by atoms with Crippen LogP contribution in [0.1, 0.15) is 24.8 Å². The first kappa shape index (κ1) is 16.3. The Kier molecular flexibility index (Phi) is 4.48. The van der Waals surface area contributed by atoms with Crippen molar-refractivity contribution in [3.8, 4) is 11.1 Å². The Bertz CT molecular complexity index is 701. The molecule has 0 radical (unpaired) electrons. The molecule has 2 aromatic rings. The lowest BCUT2D eigenvalue weighted by molar-refractivity contribution is -0.264. The molecule has 126 valence electrons. The maximum Gasteiger partial charge on any atom is 0.205 e. The molecule has 2 fully saturated rings. The van der Waals surface area contributed by atoms with E-state index in [1.54, 1.807) is 0 Å². The zero-order chi connectivity index (χ0) is 16.6. The minimum absolute atomic E-state index is 0.473. The number of ether oxygens (including phenoxy) is 1. The van der Waals surface area contributed by atoms with Crippen LogP contribution in [0.15, 0.2) is 53.0 Å². The van der Waals surface area contributed by atoms with Gasteiger partial charge in [0.25, 0.3) is 0 Å². The van der Waals surface area contributed by atoms with Gasteiger partial charge >= 0.3 is 0 Å². The summed E-state index contributed by atoms with van der Waals surface area (Å²) >= 11 is 3.46. The Morgan fingerprint density at radius 1 is 1.00 bits per heavy atom. The fourth-order valence-electron chi connectivity index (χ4n) is 3.75. The first-order valence-electron chi connectivity index (χ1n) is 8.61. The number of hydrogen-bond donors (Lipinski definition) is 1. The van der Waals surface area contributed by atoms with E-state index in [4.69, 9.17) is 4.74 Å². The molecule has 0 spiro atoms. The molecule has 2 aliphatic rings. The van der Waals surface area contributed by atoms with Crippen LogP contribution in [-0.2, 0) is 10.5 Å². The van der Waals surface area contributed by atoms with Crippen LogP contribution in [0.2, 0.25) is 0 Å². The Morgan fingerprint density at radius 3 is 2.38 bits per heavy atom. The van der Waals surface area contributed by atoms with Crippen LogP contribution in [-0.4, -0.2) is 35.7 Å². The molecular weight excluding hydrogens is 366 g/mol. The number of fused-ring (bicyclic) bond motifs is 1. The van der Waals surface area contributed by atoms with Crippen LogP contribution >= 0.6 is 15.9 Å². The van der Waals surface area contributed by atoms with Gasteiger partial charge in [-0.2, -0.15) is 0 Å². The molecule has 4 rings (SSSR count). The zero-order valence-corrected chi connectivity index (χ0v) is 15.2. The van der Waals surface area contributed by atoms with Gasteiger partial charge < -0.3 is 9.84 Å². The number of halogens is 1. The molecule has 1 N–H and O–H groups in total. The van der Waals surface area contributed by atoms with Crippen molar-refractivity contribution in [3.63, 3.8) is 0 Å². The zero-order valence-electron chi connectivity index (χ0n) is 13.6. The molecule has 2 aliphatic heterocycles. The van der Waals surface area contributed by atoms with Crippen molar-refractivity contribution in [1.82, 2.24) is 4.90 Å². The third kappa shape index (κ3) is 3.16. The number of benzene rings is 2. The summed E-state index contributed by atoms with van der Waals surface area (Å²) in [6.07, 6.45) is 3.67. The smallest absolute Gasteiger partial charge is 0.205 e. The highest BCUT2D eigenvalue weighted by atomic mass is 79.9. The SMILES string of the molecule is OC1(c2ccc(-c3ccc(Br)cc3)cc2)CN2CCCCC2CO1. The van der Waals surface area contributed by atoms with Crippen LogP contribution in [0.5, 0.6) is 0 Å². The summed E-state index contributed by atoms with van der Waals surface area (Å²) in [5.74, 6) is -1.19. The van der Waals surface area contributed by atoms with E-state index in [0.29, 0.717) is 19.2 Å². The van der Waals surface area contributed by atoms with E-state index in [0.717, 1.165) is 27.7 Å². The van der Waals surface area contributed by atoms with Crippen molar-refractivity contribution >= 4 is 15.9 Å². The maximum absolute atomic E-state index is 11.0. The van der Waals surface area contributed by atoms with E-state index >= 15 is 0 Å². The molecule has 4 heteroatoms. The third-order valence-electron chi connectivity index (χ3n) is 5.19. The van der Waals surface area contributed by atoms with Gasteiger partial charge in [0.15, 0.2) is 0 Å². The van der Waals surface area contributed by atoms with Gasteiger partial charge in [0, 0.05) is 16.1 Å². The predicted octanol–water partition coefficient (Wildman–Crippen LogP) is 4.15. The lowest BCUT2D eigenvalue weighted by Gasteiger charge is -2.46. The summed E-state index contributed by atoms with van der Waals surface area (Å²) in [4.78, 5) is 2.38. The van der Waals surface area contributed by atoms with E-state index in [-0.39, 0.29) is 0 Å². The summed E-state index contributed by atoms with van der Waals surface area (Å²) in [6.45, 7) is 2.24. The second-order valence-corrected chi connectivity index (χ2v) is 7.72. The highest BCUT2D eigenvalue weighted by molar-refractivity contribution is 9.10. The van der Waals surface area contributed by atoms with Gasteiger partial charge in [-0.1, -0.05) is 58.7 Å². The first-order valence-corrected chi connectivity index (χ1v) is 9.40. The Morgan fingerprint density at radius 2 is 1.67 bits per heavy atom. The standard InChI is InChI=1S/C20H22BrNO2/c21-18-10-6-16(7-11-18)15-4-8-17(9-5-15)20(23)14-22-12-2-1-3-19(22)13-24-20/h4-11,19,23H,1-3,12-14H2. The molecule has 2 aromatic carbocycles. The molecule has 2 atom stereocenters. The van der Waals surface area contributed by atoms with Crippen molar-refractivity contribution in [2.24, 2.45) is 0 Å². The lowest BCUT2D eigenvalue weighted by atomic mass is 9.95. The lowest BCUT2D eigenvalue weighted by Crippen LogP contribution is -2.56. The summed E-state index contributed by atoms with van der Waals surface area (Å²) < 4.78 is 6.96. The van der Waals surface area contributed by atoms with Gasteiger partial charge in [-0.15, -0.1) is 0 Å². The fourth-order valence-corrected chi connectivity index (χ4v) is 4.02. The van der Waals surface area contributed by atoms with E-state index in [2.05, 4.69) is 45.1 Å². The third-order valence-corrected chi connectivity index (χ3v) is 5.72. The minimum Gasteiger partial charge on any atom is -0.361 e. The fraction of sp³-hybridized carbons (Fsp3) is 0.400. The largest absolute Gasteiger partial charge is 0.361 e. The molecular formula is C20H22BrNO2. The number of piperidine rings is 1. The summed E-state index contributed by atoms with van der Waals surface area (Å²) in [6, 6.07) is 16.8. The number of morpholine rings is 1. The quantitative estimate of drug-likeness (QED) is 0.839. The molecule has 0 bridgehead atoms. The molecule has 2 unspecified atom stereocenters. The molecule has 3 nitrogen and oxygen atoms in total. The average molecular weight is 388 g/mol. The van der Waals surface area contributed by atoms with E-state index in [1.807, 2.05) is 24.3 Å². The van der Waals surface area contributed by atoms with Gasteiger partial charge in [0.2, 0.25) is 5.79 Å². The van der Waals surface area contributed by atoms with Gasteiger partial charge in [0.05, 0.1) is 13.2 Å². The maximum atomic E-state index is 11.0. The number of aliphatic hydroxyl groups is 1. The molecule has 24 heavy (non-hydrogen) atoms. The van der Waals surface area contributed by atoms with E-state index in [1.165, 1.54) is 19.3 Å². The second-order valence-electron chi connectivity index (χ2n) is 6.80. The monoisotopic (exact) mass is 387 g/mol. The molecule has 0 amide bonds. The average Bonchev–Trinajstić information content (AvgIpc) is 2.62. The van der Waals surface area contributed by atoms with Gasteiger partial charge in [0.1, 0.15) is 0 Å². The number of nitrogens with zero attached hydrogens (tertiary/aromatic N) is 1. The van der Waals surface area contributed by atoms with Crippen LogP contribution in [0.3, 0.4) is 0 Å². The topological polar surface area (TPSA) is 32.7 Å². The minimum atomic E-state index is -1.19.